The second-order valence-corrected chi connectivity index (χ2v) is 4.69. The van der Waals surface area contributed by atoms with Crippen LogP contribution in [-0.2, 0) is 4.74 Å². The van der Waals surface area contributed by atoms with E-state index < -0.39 is 0 Å². The fraction of sp³-hybridized carbons (Fsp3) is 0.235. The van der Waals surface area contributed by atoms with E-state index in [4.69, 9.17) is 4.74 Å². The maximum Gasteiger partial charge on any atom is 0.338 e. The van der Waals surface area contributed by atoms with Crippen LogP contribution in [-0.4, -0.2) is 13.1 Å². The highest BCUT2D eigenvalue weighted by atomic mass is 16.5. The molecule has 1 unspecified atom stereocenters. The summed E-state index contributed by atoms with van der Waals surface area (Å²) >= 11 is 0. The van der Waals surface area contributed by atoms with Crippen LogP contribution in [0.3, 0.4) is 0 Å². The molecule has 0 N–H and O–H groups in total. The number of ether oxygens (including phenoxy) is 1. The minimum atomic E-state index is -0.304. The quantitative estimate of drug-likeness (QED) is 0.762. The average molecular weight is 254 g/mol. The van der Waals surface area contributed by atoms with Crippen LogP contribution in [0, 0.1) is 5.92 Å². The third-order valence-corrected chi connectivity index (χ3v) is 3.16. The molecule has 1 aliphatic rings. The Bertz CT molecular complexity index is 550. The Morgan fingerprint density at radius 2 is 2.11 bits per heavy atom. The first kappa shape index (κ1) is 13.3. The zero-order chi connectivity index (χ0) is 13.7. The van der Waals surface area contributed by atoms with Crippen molar-refractivity contribution >= 4 is 12.0 Å². The van der Waals surface area contributed by atoms with Crippen LogP contribution >= 0.6 is 0 Å². The maximum atomic E-state index is 11.6. The van der Waals surface area contributed by atoms with E-state index in [1.54, 1.807) is 6.07 Å². The van der Waals surface area contributed by atoms with Crippen molar-refractivity contribution in [1.29, 1.82) is 0 Å². The van der Waals surface area contributed by atoms with Gasteiger partial charge in [-0.1, -0.05) is 55.5 Å². The zero-order valence-corrected chi connectivity index (χ0v) is 11.3. The second-order valence-electron chi connectivity index (χ2n) is 4.69. The lowest BCUT2D eigenvalue weighted by molar-refractivity contribution is 0.0600. The van der Waals surface area contributed by atoms with Crippen molar-refractivity contribution < 1.29 is 9.53 Å². The highest BCUT2D eigenvalue weighted by molar-refractivity contribution is 5.93. The summed E-state index contributed by atoms with van der Waals surface area (Å²) < 4.78 is 4.78. The topological polar surface area (TPSA) is 26.3 Å². The van der Waals surface area contributed by atoms with E-state index >= 15 is 0 Å². The number of carbonyl (C=O) groups excluding carboxylic acids is 1. The Morgan fingerprint density at radius 3 is 2.79 bits per heavy atom. The van der Waals surface area contributed by atoms with Crippen LogP contribution in [0.5, 0.6) is 0 Å². The molecule has 0 saturated carbocycles. The van der Waals surface area contributed by atoms with Crippen molar-refractivity contribution in [3.8, 4) is 0 Å². The molecule has 2 rings (SSSR count). The van der Waals surface area contributed by atoms with Gasteiger partial charge in [-0.05, 0) is 29.5 Å². The second kappa shape index (κ2) is 6.19. The predicted octanol–water partition coefficient (Wildman–Crippen LogP) is 4.01. The molecular formula is C17H18O2. The summed E-state index contributed by atoms with van der Waals surface area (Å²) in [5.41, 5.74) is 2.65. The van der Waals surface area contributed by atoms with E-state index in [0.29, 0.717) is 11.5 Å². The van der Waals surface area contributed by atoms with Gasteiger partial charge in [-0.3, -0.25) is 0 Å². The normalized spacial score (nSPS) is 18.4. The van der Waals surface area contributed by atoms with Gasteiger partial charge in [0.1, 0.15) is 0 Å². The van der Waals surface area contributed by atoms with Gasteiger partial charge in [-0.15, -0.1) is 0 Å². The van der Waals surface area contributed by atoms with Gasteiger partial charge >= 0.3 is 5.97 Å². The summed E-state index contributed by atoms with van der Waals surface area (Å²) in [6.45, 7) is 2.19. The van der Waals surface area contributed by atoms with E-state index in [9.17, 15) is 4.79 Å². The van der Waals surface area contributed by atoms with Crippen LogP contribution in [0.2, 0.25) is 0 Å². The van der Waals surface area contributed by atoms with Crippen molar-refractivity contribution in [2.24, 2.45) is 5.92 Å². The summed E-state index contributed by atoms with van der Waals surface area (Å²) in [7, 11) is 1.40. The van der Waals surface area contributed by atoms with Crippen LogP contribution < -0.4 is 0 Å². The fourth-order valence-corrected chi connectivity index (χ4v) is 1.99. The average Bonchev–Trinajstić information content (AvgIpc) is 2.46. The summed E-state index contributed by atoms with van der Waals surface area (Å²) in [4.78, 5) is 11.6. The summed E-state index contributed by atoms with van der Waals surface area (Å²) in [5.74, 6) is 0.307. The Balaban J connectivity index is 2.20. The number of rotatable bonds is 3. The molecule has 19 heavy (non-hydrogen) atoms. The minimum Gasteiger partial charge on any atom is -0.465 e. The molecule has 0 heterocycles. The first-order chi connectivity index (χ1) is 9.20. The number of methoxy groups -OCH3 is 1. The Kier molecular flexibility index (Phi) is 4.35. The minimum absolute atomic E-state index is 0.304. The molecule has 0 spiro atoms. The van der Waals surface area contributed by atoms with E-state index in [0.717, 1.165) is 12.0 Å². The van der Waals surface area contributed by atoms with Gasteiger partial charge in [0.2, 0.25) is 0 Å². The molecule has 0 aliphatic heterocycles. The third-order valence-electron chi connectivity index (χ3n) is 3.16. The van der Waals surface area contributed by atoms with E-state index in [2.05, 4.69) is 25.2 Å². The number of hydrogen-bond donors (Lipinski definition) is 0. The van der Waals surface area contributed by atoms with Gasteiger partial charge in [0, 0.05) is 0 Å². The van der Waals surface area contributed by atoms with Crippen molar-refractivity contribution in [3.63, 3.8) is 0 Å². The molecule has 0 radical (unpaired) electrons. The number of benzene rings is 1. The van der Waals surface area contributed by atoms with E-state index in [1.807, 2.05) is 30.4 Å². The summed E-state index contributed by atoms with van der Waals surface area (Å²) in [6.07, 6.45) is 11.6. The van der Waals surface area contributed by atoms with Crippen LogP contribution in [0.1, 0.15) is 29.3 Å². The highest BCUT2D eigenvalue weighted by Crippen LogP contribution is 2.18. The maximum absolute atomic E-state index is 11.6. The van der Waals surface area contributed by atoms with Gasteiger partial charge in [0.15, 0.2) is 0 Å². The van der Waals surface area contributed by atoms with Gasteiger partial charge in [0.25, 0.3) is 0 Å². The van der Waals surface area contributed by atoms with Crippen molar-refractivity contribution in [2.75, 3.05) is 7.11 Å². The molecule has 1 aromatic carbocycles. The van der Waals surface area contributed by atoms with Crippen LogP contribution in [0.25, 0.3) is 6.08 Å². The summed E-state index contributed by atoms with van der Waals surface area (Å²) in [6, 6.07) is 7.45. The molecule has 1 atom stereocenters. The molecule has 0 amide bonds. The third kappa shape index (κ3) is 3.44. The predicted molar refractivity (Wildman–Crippen MR) is 77.8 cm³/mol. The molecule has 0 saturated heterocycles. The standard InChI is InChI=1S/C17H18O2/c1-13-7-9-14(10-8-13)11-12-15-5-3-4-6-16(15)17(18)19-2/h3-7,9-13H,8H2,1-2H3/b12-11+. The van der Waals surface area contributed by atoms with Gasteiger partial charge in [-0.2, -0.15) is 0 Å². The molecule has 1 aromatic rings. The largest absolute Gasteiger partial charge is 0.465 e. The number of allylic oxidation sites excluding steroid dienone is 5. The molecule has 98 valence electrons. The van der Waals surface area contributed by atoms with Crippen molar-refractivity contribution in [1.82, 2.24) is 0 Å². The Morgan fingerprint density at radius 1 is 1.32 bits per heavy atom. The van der Waals surface area contributed by atoms with Gasteiger partial charge in [0.05, 0.1) is 12.7 Å². The van der Waals surface area contributed by atoms with Crippen molar-refractivity contribution in [3.05, 3.63) is 65.3 Å². The Labute approximate surface area is 114 Å². The molecular weight excluding hydrogens is 236 g/mol. The van der Waals surface area contributed by atoms with E-state index in [-0.39, 0.29) is 5.97 Å². The molecule has 0 fully saturated rings. The van der Waals surface area contributed by atoms with Crippen molar-refractivity contribution in [2.45, 2.75) is 13.3 Å². The Hall–Kier alpha value is -2.09. The van der Waals surface area contributed by atoms with E-state index in [1.165, 1.54) is 12.7 Å². The smallest absolute Gasteiger partial charge is 0.338 e. The molecule has 0 aromatic heterocycles. The summed E-state index contributed by atoms with van der Waals surface area (Å²) in [5, 5.41) is 0. The van der Waals surface area contributed by atoms with Crippen LogP contribution in [0.4, 0.5) is 0 Å². The van der Waals surface area contributed by atoms with Gasteiger partial charge < -0.3 is 4.74 Å². The molecule has 2 nitrogen and oxygen atoms in total. The zero-order valence-electron chi connectivity index (χ0n) is 11.3. The number of esters is 1. The highest BCUT2D eigenvalue weighted by Gasteiger charge is 2.08. The van der Waals surface area contributed by atoms with Crippen LogP contribution in [0.15, 0.2) is 54.1 Å². The molecule has 1 aliphatic carbocycles. The first-order valence-corrected chi connectivity index (χ1v) is 6.44. The molecule has 0 bridgehead atoms. The van der Waals surface area contributed by atoms with Gasteiger partial charge in [-0.25, -0.2) is 4.79 Å². The lowest BCUT2D eigenvalue weighted by Crippen LogP contribution is -2.03. The SMILES string of the molecule is COC(=O)c1ccccc1/C=C/C1=CCC(C)C=C1. The monoisotopic (exact) mass is 254 g/mol. The fourth-order valence-electron chi connectivity index (χ4n) is 1.99. The lowest BCUT2D eigenvalue weighted by atomic mass is 9.97. The number of hydrogen-bond acceptors (Lipinski definition) is 2. The molecule has 2 heteroatoms. The number of carbonyl (C=O) groups is 1. The lowest BCUT2D eigenvalue weighted by Gasteiger charge is -2.09. The first-order valence-electron chi connectivity index (χ1n) is 6.44.